The zero-order valence-corrected chi connectivity index (χ0v) is 13.0. The molecule has 0 spiro atoms. The Hall–Kier alpha value is -1.26. The molecule has 1 heterocycles. The summed E-state index contributed by atoms with van der Waals surface area (Å²) in [5.74, 6) is -1.19. The molecule has 1 aliphatic heterocycles. The van der Waals surface area contributed by atoms with Crippen LogP contribution in [0.2, 0.25) is 0 Å². The van der Waals surface area contributed by atoms with Gasteiger partial charge in [0, 0.05) is 25.7 Å². The standard InChI is InChI=1S/C15H28N2O3/c1-4-6-10-17(12(3)5-2)15(20)16-9-7-8-13(11-16)14(18)19/h12-13H,4-11H2,1-3H3,(H,18,19)/t12?,13-/m0/s1. The lowest BCUT2D eigenvalue weighted by Gasteiger charge is -2.37. The first-order chi connectivity index (χ1) is 9.51. The van der Waals surface area contributed by atoms with E-state index in [1.807, 2.05) is 4.90 Å². The molecule has 2 amide bonds. The van der Waals surface area contributed by atoms with E-state index in [9.17, 15) is 9.59 Å². The minimum Gasteiger partial charge on any atom is -0.481 e. The van der Waals surface area contributed by atoms with Crippen LogP contribution in [-0.2, 0) is 4.79 Å². The molecule has 20 heavy (non-hydrogen) atoms. The van der Waals surface area contributed by atoms with Crippen molar-refractivity contribution in [2.45, 2.75) is 58.9 Å². The van der Waals surface area contributed by atoms with Crippen molar-refractivity contribution in [2.75, 3.05) is 19.6 Å². The summed E-state index contributed by atoms with van der Waals surface area (Å²) in [7, 11) is 0. The molecule has 0 bridgehead atoms. The number of hydrogen-bond acceptors (Lipinski definition) is 2. The number of unbranched alkanes of at least 4 members (excludes halogenated alkanes) is 1. The van der Waals surface area contributed by atoms with Crippen LogP contribution in [0.4, 0.5) is 4.79 Å². The summed E-state index contributed by atoms with van der Waals surface area (Å²) in [5, 5.41) is 9.12. The molecular formula is C15H28N2O3. The summed E-state index contributed by atoms with van der Waals surface area (Å²) in [5.41, 5.74) is 0. The van der Waals surface area contributed by atoms with Gasteiger partial charge in [-0.05, 0) is 32.6 Å². The van der Waals surface area contributed by atoms with Crippen LogP contribution >= 0.6 is 0 Å². The van der Waals surface area contributed by atoms with Gasteiger partial charge in [0.1, 0.15) is 0 Å². The first kappa shape index (κ1) is 16.8. The maximum absolute atomic E-state index is 12.6. The fourth-order valence-corrected chi connectivity index (χ4v) is 2.59. The fourth-order valence-electron chi connectivity index (χ4n) is 2.59. The van der Waals surface area contributed by atoms with E-state index in [1.165, 1.54) is 0 Å². The van der Waals surface area contributed by atoms with Crippen molar-refractivity contribution in [3.05, 3.63) is 0 Å². The number of hydrogen-bond donors (Lipinski definition) is 1. The topological polar surface area (TPSA) is 60.9 Å². The molecule has 0 aliphatic carbocycles. The molecule has 0 radical (unpaired) electrons. The molecule has 0 aromatic carbocycles. The van der Waals surface area contributed by atoms with Crippen LogP contribution in [0, 0.1) is 5.92 Å². The minimum atomic E-state index is -0.786. The summed E-state index contributed by atoms with van der Waals surface area (Å²) in [6.45, 7) is 8.05. The zero-order chi connectivity index (χ0) is 15.1. The smallest absolute Gasteiger partial charge is 0.320 e. The summed E-state index contributed by atoms with van der Waals surface area (Å²) >= 11 is 0. The number of amides is 2. The maximum Gasteiger partial charge on any atom is 0.320 e. The largest absolute Gasteiger partial charge is 0.481 e. The van der Waals surface area contributed by atoms with Gasteiger partial charge in [-0.15, -0.1) is 0 Å². The lowest BCUT2D eigenvalue weighted by atomic mass is 9.98. The van der Waals surface area contributed by atoms with Gasteiger partial charge in [0.25, 0.3) is 0 Å². The minimum absolute atomic E-state index is 0.0127. The quantitative estimate of drug-likeness (QED) is 0.816. The molecule has 0 aromatic rings. The highest BCUT2D eigenvalue weighted by atomic mass is 16.4. The Kier molecular flexibility index (Phi) is 6.82. The molecule has 1 fully saturated rings. The predicted molar refractivity (Wildman–Crippen MR) is 78.7 cm³/mol. The second kappa shape index (κ2) is 8.12. The number of carbonyl (C=O) groups is 2. The number of piperidine rings is 1. The van der Waals surface area contributed by atoms with Crippen LogP contribution in [-0.4, -0.2) is 52.6 Å². The normalized spacial score (nSPS) is 20.6. The fraction of sp³-hybridized carbons (Fsp3) is 0.867. The lowest BCUT2D eigenvalue weighted by Crippen LogP contribution is -2.51. The zero-order valence-electron chi connectivity index (χ0n) is 13.0. The van der Waals surface area contributed by atoms with Gasteiger partial charge in [-0.1, -0.05) is 20.3 Å². The van der Waals surface area contributed by atoms with Crippen molar-refractivity contribution in [1.82, 2.24) is 9.80 Å². The number of aliphatic carboxylic acids is 1. The summed E-state index contributed by atoms with van der Waals surface area (Å²) < 4.78 is 0. The highest BCUT2D eigenvalue weighted by molar-refractivity contribution is 5.77. The second-order valence-electron chi connectivity index (χ2n) is 5.71. The van der Waals surface area contributed by atoms with E-state index >= 15 is 0 Å². The monoisotopic (exact) mass is 284 g/mol. The predicted octanol–water partition coefficient (Wildman–Crippen LogP) is 2.80. The summed E-state index contributed by atoms with van der Waals surface area (Å²) in [6.07, 6.45) is 4.43. The molecule has 1 N–H and O–H groups in total. The highest BCUT2D eigenvalue weighted by Gasteiger charge is 2.31. The number of carboxylic acids is 1. The van der Waals surface area contributed by atoms with E-state index in [-0.39, 0.29) is 12.1 Å². The molecule has 5 nitrogen and oxygen atoms in total. The van der Waals surface area contributed by atoms with Gasteiger partial charge in [0.05, 0.1) is 5.92 Å². The third kappa shape index (κ3) is 4.39. The molecule has 0 aromatic heterocycles. The maximum atomic E-state index is 12.6. The number of nitrogens with zero attached hydrogens (tertiary/aromatic N) is 2. The molecule has 1 rings (SSSR count). The molecule has 1 unspecified atom stereocenters. The lowest BCUT2D eigenvalue weighted by molar-refractivity contribution is -0.143. The third-order valence-corrected chi connectivity index (χ3v) is 4.16. The van der Waals surface area contributed by atoms with Crippen LogP contribution < -0.4 is 0 Å². The first-order valence-corrected chi connectivity index (χ1v) is 7.79. The molecule has 2 atom stereocenters. The van der Waals surface area contributed by atoms with E-state index in [0.29, 0.717) is 19.5 Å². The summed E-state index contributed by atoms with van der Waals surface area (Å²) in [6, 6.07) is 0.220. The van der Waals surface area contributed by atoms with Gasteiger partial charge < -0.3 is 14.9 Å². The van der Waals surface area contributed by atoms with E-state index in [0.717, 1.165) is 32.2 Å². The van der Waals surface area contributed by atoms with Crippen LogP contribution in [0.25, 0.3) is 0 Å². The van der Waals surface area contributed by atoms with Crippen molar-refractivity contribution in [1.29, 1.82) is 0 Å². The number of rotatable bonds is 6. The summed E-state index contributed by atoms with van der Waals surface area (Å²) in [4.78, 5) is 27.4. The first-order valence-electron chi connectivity index (χ1n) is 7.79. The Morgan fingerprint density at radius 3 is 2.65 bits per heavy atom. The van der Waals surface area contributed by atoms with Crippen molar-refractivity contribution in [3.8, 4) is 0 Å². The van der Waals surface area contributed by atoms with Gasteiger partial charge >= 0.3 is 12.0 Å². The average Bonchev–Trinajstić information content (AvgIpc) is 2.47. The Labute approximate surface area is 121 Å². The van der Waals surface area contributed by atoms with Crippen LogP contribution in [0.15, 0.2) is 0 Å². The highest BCUT2D eigenvalue weighted by Crippen LogP contribution is 2.19. The van der Waals surface area contributed by atoms with Gasteiger partial charge in [-0.3, -0.25) is 4.79 Å². The van der Waals surface area contributed by atoms with Gasteiger partial charge in [-0.2, -0.15) is 0 Å². The molecule has 1 aliphatic rings. The Balaban J connectivity index is 2.69. The van der Waals surface area contributed by atoms with Crippen LogP contribution in [0.3, 0.4) is 0 Å². The molecular weight excluding hydrogens is 256 g/mol. The van der Waals surface area contributed by atoms with E-state index in [4.69, 9.17) is 5.11 Å². The van der Waals surface area contributed by atoms with Crippen LogP contribution in [0.1, 0.15) is 52.9 Å². The van der Waals surface area contributed by atoms with E-state index < -0.39 is 11.9 Å². The third-order valence-electron chi connectivity index (χ3n) is 4.16. The Morgan fingerprint density at radius 1 is 1.40 bits per heavy atom. The number of carboxylic acid groups (broad SMARTS) is 1. The van der Waals surface area contributed by atoms with E-state index in [2.05, 4.69) is 20.8 Å². The number of urea groups is 1. The van der Waals surface area contributed by atoms with Gasteiger partial charge in [0.15, 0.2) is 0 Å². The van der Waals surface area contributed by atoms with Crippen LogP contribution in [0.5, 0.6) is 0 Å². The second-order valence-corrected chi connectivity index (χ2v) is 5.71. The van der Waals surface area contributed by atoms with Gasteiger partial charge in [0.2, 0.25) is 0 Å². The SMILES string of the molecule is CCCCN(C(=O)N1CCC[C@H](C(=O)O)C1)C(C)CC. The molecule has 116 valence electrons. The molecule has 1 saturated heterocycles. The average molecular weight is 284 g/mol. The van der Waals surface area contributed by atoms with E-state index in [1.54, 1.807) is 4.90 Å². The molecule has 5 heteroatoms. The Bertz CT molecular complexity index is 333. The van der Waals surface area contributed by atoms with Crippen molar-refractivity contribution >= 4 is 12.0 Å². The molecule has 0 saturated carbocycles. The van der Waals surface area contributed by atoms with Crippen molar-refractivity contribution < 1.29 is 14.7 Å². The Morgan fingerprint density at radius 2 is 2.10 bits per heavy atom. The van der Waals surface area contributed by atoms with Crippen molar-refractivity contribution in [3.63, 3.8) is 0 Å². The van der Waals surface area contributed by atoms with Gasteiger partial charge in [-0.25, -0.2) is 4.79 Å². The number of likely N-dealkylation sites (tertiary alicyclic amines) is 1. The number of carbonyl (C=O) groups excluding carboxylic acids is 1. The van der Waals surface area contributed by atoms with Crippen molar-refractivity contribution in [2.24, 2.45) is 5.92 Å².